The summed E-state index contributed by atoms with van der Waals surface area (Å²) in [6, 6.07) is 6.10. The van der Waals surface area contributed by atoms with Gasteiger partial charge in [0.05, 0.1) is 5.56 Å². The minimum absolute atomic E-state index is 0.0279. The van der Waals surface area contributed by atoms with Crippen molar-refractivity contribution < 1.29 is 26.7 Å². The maximum atomic E-state index is 13.8. The molecule has 1 aliphatic rings. The molecule has 6 heteroatoms. The van der Waals surface area contributed by atoms with Crippen LogP contribution in [0.5, 0.6) is 0 Å². The highest BCUT2D eigenvalue weighted by molar-refractivity contribution is 5.89. The molecule has 2 aromatic rings. The number of carbonyl (C=O) groups excluding carboxylic acids is 1. The summed E-state index contributed by atoms with van der Waals surface area (Å²) in [6.07, 6.45) is -5.02. The summed E-state index contributed by atoms with van der Waals surface area (Å²) in [4.78, 5) is 11.0. The molecule has 0 fully saturated rings. The first kappa shape index (κ1) is 13.7. The number of benzene rings is 2. The molecule has 0 atom stereocenters. The SMILES string of the molecule is O=Cc1c(F)c(F)c(C(F)(F)F)c2c1Cc1ccccc1-2. The Kier molecular flexibility index (Phi) is 2.86. The minimum atomic E-state index is -5.05. The van der Waals surface area contributed by atoms with Gasteiger partial charge in [-0.15, -0.1) is 0 Å². The van der Waals surface area contributed by atoms with Crippen LogP contribution in [-0.2, 0) is 12.6 Å². The molecule has 2 aromatic carbocycles. The fraction of sp³-hybridized carbons (Fsp3) is 0.133. The van der Waals surface area contributed by atoms with Gasteiger partial charge < -0.3 is 0 Å². The second-order valence-electron chi connectivity index (χ2n) is 4.72. The van der Waals surface area contributed by atoms with E-state index in [0.29, 0.717) is 5.56 Å². The predicted octanol–water partition coefficient (Wildman–Crippen LogP) is 4.37. The fourth-order valence-electron chi connectivity index (χ4n) is 2.73. The van der Waals surface area contributed by atoms with Crippen LogP contribution in [-0.4, -0.2) is 6.29 Å². The van der Waals surface area contributed by atoms with Crippen molar-refractivity contribution in [1.29, 1.82) is 0 Å². The van der Waals surface area contributed by atoms with Gasteiger partial charge in [0.1, 0.15) is 5.56 Å². The van der Waals surface area contributed by atoms with Gasteiger partial charge in [-0.2, -0.15) is 13.2 Å². The van der Waals surface area contributed by atoms with E-state index >= 15 is 0 Å². The Bertz CT molecular complexity index is 762. The van der Waals surface area contributed by atoms with Crippen molar-refractivity contribution >= 4 is 6.29 Å². The first-order chi connectivity index (χ1) is 9.86. The van der Waals surface area contributed by atoms with Gasteiger partial charge in [-0.05, 0) is 23.1 Å². The lowest BCUT2D eigenvalue weighted by atomic mass is 9.94. The van der Waals surface area contributed by atoms with Crippen molar-refractivity contribution in [2.24, 2.45) is 0 Å². The van der Waals surface area contributed by atoms with E-state index in [1.807, 2.05) is 0 Å². The summed E-state index contributed by atoms with van der Waals surface area (Å²) in [7, 11) is 0. The van der Waals surface area contributed by atoms with Gasteiger partial charge in [-0.3, -0.25) is 4.79 Å². The second-order valence-corrected chi connectivity index (χ2v) is 4.72. The van der Waals surface area contributed by atoms with Crippen LogP contribution in [0.1, 0.15) is 27.0 Å². The van der Waals surface area contributed by atoms with Gasteiger partial charge in [0.2, 0.25) is 0 Å². The van der Waals surface area contributed by atoms with Crippen molar-refractivity contribution in [2.45, 2.75) is 12.6 Å². The molecule has 0 spiro atoms. The lowest BCUT2D eigenvalue weighted by Crippen LogP contribution is -2.14. The van der Waals surface area contributed by atoms with E-state index in [-0.39, 0.29) is 23.8 Å². The summed E-state index contributed by atoms with van der Waals surface area (Å²) in [5.74, 6) is -3.77. The van der Waals surface area contributed by atoms with E-state index in [9.17, 15) is 26.7 Å². The maximum Gasteiger partial charge on any atom is 0.419 e. The van der Waals surface area contributed by atoms with Crippen LogP contribution in [0.3, 0.4) is 0 Å². The fourth-order valence-corrected chi connectivity index (χ4v) is 2.73. The summed E-state index contributed by atoms with van der Waals surface area (Å²) < 4.78 is 67.0. The average Bonchev–Trinajstić information content (AvgIpc) is 2.77. The number of rotatable bonds is 1. The molecule has 1 nitrogen and oxygen atoms in total. The average molecular weight is 298 g/mol. The van der Waals surface area contributed by atoms with E-state index in [2.05, 4.69) is 0 Å². The molecular weight excluding hydrogens is 291 g/mol. The minimum Gasteiger partial charge on any atom is -0.298 e. The summed E-state index contributed by atoms with van der Waals surface area (Å²) in [5, 5.41) is 0. The van der Waals surface area contributed by atoms with Crippen molar-refractivity contribution in [3.63, 3.8) is 0 Å². The van der Waals surface area contributed by atoms with Crippen LogP contribution in [0.15, 0.2) is 24.3 Å². The first-order valence-electron chi connectivity index (χ1n) is 6.00. The quantitative estimate of drug-likeness (QED) is 0.481. The van der Waals surface area contributed by atoms with E-state index in [1.165, 1.54) is 12.1 Å². The normalized spacial score (nSPS) is 13.0. The highest BCUT2D eigenvalue weighted by atomic mass is 19.4. The highest BCUT2D eigenvalue weighted by Crippen LogP contribution is 2.47. The third-order valence-corrected chi connectivity index (χ3v) is 3.58. The number of aldehydes is 1. The Morgan fingerprint density at radius 1 is 1.05 bits per heavy atom. The molecule has 0 aliphatic heterocycles. The van der Waals surface area contributed by atoms with Crippen LogP contribution in [0.4, 0.5) is 22.0 Å². The lowest BCUT2D eigenvalue weighted by molar-refractivity contribution is -0.139. The molecule has 0 unspecified atom stereocenters. The number of hydrogen-bond donors (Lipinski definition) is 0. The van der Waals surface area contributed by atoms with Gasteiger partial charge >= 0.3 is 6.18 Å². The Labute approximate surface area is 116 Å². The van der Waals surface area contributed by atoms with E-state index in [1.54, 1.807) is 12.1 Å². The number of carbonyl (C=O) groups is 1. The van der Waals surface area contributed by atoms with Gasteiger partial charge in [-0.25, -0.2) is 8.78 Å². The molecule has 0 saturated carbocycles. The van der Waals surface area contributed by atoms with Gasteiger partial charge in [0.15, 0.2) is 17.9 Å². The number of halogens is 5. The van der Waals surface area contributed by atoms with Crippen LogP contribution < -0.4 is 0 Å². The number of hydrogen-bond acceptors (Lipinski definition) is 1. The molecule has 0 radical (unpaired) electrons. The van der Waals surface area contributed by atoms with Crippen LogP contribution >= 0.6 is 0 Å². The Hall–Kier alpha value is -2.24. The predicted molar refractivity (Wildman–Crippen MR) is 65.0 cm³/mol. The monoisotopic (exact) mass is 298 g/mol. The number of fused-ring (bicyclic) bond motifs is 3. The first-order valence-corrected chi connectivity index (χ1v) is 6.00. The zero-order valence-electron chi connectivity index (χ0n) is 10.4. The maximum absolute atomic E-state index is 13.8. The van der Waals surface area contributed by atoms with Crippen LogP contribution in [0.2, 0.25) is 0 Å². The molecule has 21 heavy (non-hydrogen) atoms. The Morgan fingerprint density at radius 3 is 2.33 bits per heavy atom. The van der Waals surface area contributed by atoms with Crippen molar-refractivity contribution in [3.05, 3.63) is 58.2 Å². The molecule has 3 rings (SSSR count). The Balaban J connectivity index is 2.48. The Morgan fingerprint density at radius 2 is 1.71 bits per heavy atom. The lowest BCUT2D eigenvalue weighted by Gasteiger charge is -2.16. The molecule has 0 aromatic heterocycles. The van der Waals surface area contributed by atoms with Crippen molar-refractivity contribution in [1.82, 2.24) is 0 Å². The van der Waals surface area contributed by atoms with Crippen molar-refractivity contribution in [2.75, 3.05) is 0 Å². The standard InChI is InChI=1S/C15H7F5O/c16-13-10(6-21)9-5-7-3-1-2-4-8(7)11(9)12(14(13)17)15(18,19)20/h1-4,6H,5H2. The smallest absolute Gasteiger partial charge is 0.298 e. The van der Waals surface area contributed by atoms with Gasteiger partial charge in [0, 0.05) is 5.56 Å². The van der Waals surface area contributed by atoms with E-state index in [4.69, 9.17) is 0 Å². The third-order valence-electron chi connectivity index (χ3n) is 3.58. The second kappa shape index (κ2) is 4.38. The molecule has 0 bridgehead atoms. The highest BCUT2D eigenvalue weighted by Gasteiger charge is 2.43. The zero-order chi connectivity index (χ0) is 15.4. The topological polar surface area (TPSA) is 17.1 Å². The molecule has 108 valence electrons. The molecule has 1 aliphatic carbocycles. The molecule has 0 amide bonds. The summed E-state index contributed by atoms with van der Waals surface area (Å²) in [5.41, 5.74) is -2.15. The van der Waals surface area contributed by atoms with E-state index in [0.717, 1.165) is 0 Å². The van der Waals surface area contributed by atoms with Crippen molar-refractivity contribution in [3.8, 4) is 11.1 Å². The van der Waals surface area contributed by atoms with Gasteiger partial charge in [-0.1, -0.05) is 24.3 Å². The summed E-state index contributed by atoms with van der Waals surface area (Å²) in [6.45, 7) is 0. The molecule has 0 saturated heterocycles. The van der Waals surface area contributed by atoms with Crippen LogP contribution in [0.25, 0.3) is 11.1 Å². The third kappa shape index (κ3) is 1.86. The zero-order valence-corrected chi connectivity index (χ0v) is 10.4. The van der Waals surface area contributed by atoms with Crippen LogP contribution in [0, 0.1) is 11.6 Å². The number of alkyl halides is 3. The molecular formula is C15H7F5O. The summed E-state index contributed by atoms with van der Waals surface area (Å²) >= 11 is 0. The molecule has 0 N–H and O–H groups in total. The van der Waals surface area contributed by atoms with E-state index < -0.39 is 34.5 Å². The largest absolute Gasteiger partial charge is 0.419 e. The molecule has 0 heterocycles. The van der Waals surface area contributed by atoms with Gasteiger partial charge in [0.25, 0.3) is 0 Å².